The minimum absolute atomic E-state index is 0.232. The largest absolute Gasteiger partial charge is 0.380 e. The number of halogens is 1. The van der Waals surface area contributed by atoms with Gasteiger partial charge in [-0.1, -0.05) is 28.1 Å². The summed E-state index contributed by atoms with van der Waals surface area (Å²) >= 11 is 3.30. The van der Waals surface area contributed by atoms with Crippen LogP contribution in [0.2, 0.25) is 0 Å². The van der Waals surface area contributed by atoms with E-state index in [4.69, 9.17) is 5.73 Å². The van der Waals surface area contributed by atoms with E-state index in [-0.39, 0.29) is 6.42 Å². The molecule has 1 atom stereocenters. The standard InChI is InChI=1S/C10H12BrNO2/c1-10(14,9(12)13)6-7-2-4-8(11)5-3-7/h2-5,14H,6H2,1H3,(H2,12,13). The molecule has 0 spiro atoms. The highest BCUT2D eigenvalue weighted by atomic mass is 79.9. The molecule has 1 aromatic carbocycles. The molecule has 0 bridgehead atoms. The Morgan fingerprint density at radius 2 is 2.00 bits per heavy atom. The lowest BCUT2D eigenvalue weighted by Gasteiger charge is -2.18. The fourth-order valence-electron chi connectivity index (χ4n) is 1.09. The summed E-state index contributed by atoms with van der Waals surface area (Å²) in [5.74, 6) is -0.708. The van der Waals surface area contributed by atoms with Gasteiger partial charge in [-0.3, -0.25) is 4.79 Å². The van der Waals surface area contributed by atoms with Crippen molar-refractivity contribution in [2.75, 3.05) is 0 Å². The Morgan fingerprint density at radius 1 is 1.50 bits per heavy atom. The van der Waals surface area contributed by atoms with E-state index in [1.807, 2.05) is 24.3 Å². The maximum atomic E-state index is 10.9. The maximum Gasteiger partial charge on any atom is 0.249 e. The molecule has 1 rings (SSSR count). The summed E-state index contributed by atoms with van der Waals surface area (Å²) in [6.07, 6.45) is 0.232. The van der Waals surface area contributed by atoms with Crippen molar-refractivity contribution in [1.29, 1.82) is 0 Å². The van der Waals surface area contributed by atoms with Crippen molar-refractivity contribution in [3.05, 3.63) is 34.3 Å². The number of hydrogen-bond acceptors (Lipinski definition) is 2. The van der Waals surface area contributed by atoms with Gasteiger partial charge in [0.25, 0.3) is 0 Å². The Balaban J connectivity index is 2.79. The molecule has 4 heteroatoms. The number of carbonyl (C=O) groups is 1. The van der Waals surface area contributed by atoms with Gasteiger partial charge < -0.3 is 10.8 Å². The van der Waals surface area contributed by atoms with Crippen molar-refractivity contribution < 1.29 is 9.90 Å². The zero-order chi connectivity index (χ0) is 10.8. The third kappa shape index (κ3) is 2.82. The molecule has 0 heterocycles. The monoisotopic (exact) mass is 257 g/mol. The number of rotatable bonds is 3. The third-order valence-corrected chi connectivity index (χ3v) is 2.52. The molecule has 0 saturated carbocycles. The molecule has 14 heavy (non-hydrogen) atoms. The lowest BCUT2D eigenvalue weighted by Crippen LogP contribution is -2.42. The van der Waals surface area contributed by atoms with E-state index in [9.17, 15) is 9.90 Å². The zero-order valence-electron chi connectivity index (χ0n) is 7.83. The van der Waals surface area contributed by atoms with Crippen LogP contribution in [0.25, 0.3) is 0 Å². The Kier molecular flexibility index (Phi) is 3.29. The smallest absolute Gasteiger partial charge is 0.249 e. The maximum absolute atomic E-state index is 10.9. The van der Waals surface area contributed by atoms with Crippen molar-refractivity contribution in [1.82, 2.24) is 0 Å². The summed E-state index contributed by atoms with van der Waals surface area (Å²) in [6, 6.07) is 7.38. The molecular weight excluding hydrogens is 246 g/mol. The zero-order valence-corrected chi connectivity index (χ0v) is 9.41. The normalized spacial score (nSPS) is 14.8. The van der Waals surface area contributed by atoms with E-state index in [0.717, 1.165) is 10.0 Å². The molecular formula is C10H12BrNO2. The van der Waals surface area contributed by atoms with Gasteiger partial charge in [0.05, 0.1) is 0 Å². The summed E-state index contributed by atoms with van der Waals surface area (Å²) in [4.78, 5) is 10.9. The second-order valence-electron chi connectivity index (χ2n) is 3.44. The van der Waals surface area contributed by atoms with Crippen LogP contribution >= 0.6 is 15.9 Å². The molecule has 0 aliphatic rings. The predicted molar refractivity (Wildman–Crippen MR) is 57.7 cm³/mol. The fourth-order valence-corrected chi connectivity index (χ4v) is 1.35. The van der Waals surface area contributed by atoms with Gasteiger partial charge in [0.15, 0.2) is 0 Å². The van der Waals surface area contributed by atoms with Crippen LogP contribution in [0.4, 0.5) is 0 Å². The molecule has 76 valence electrons. The Hall–Kier alpha value is -0.870. The molecule has 0 aromatic heterocycles. The van der Waals surface area contributed by atoms with E-state index in [0.29, 0.717) is 0 Å². The summed E-state index contributed by atoms with van der Waals surface area (Å²) in [7, 11) is 0. The second kappa shape index (κ2) is 4.11. The van der Waals surface area contributed by atoms with Crippen molar-refractivity contribution >= 4 is 21.8 Å². The average Bonchev–Trinajstić information content (AvgIpc) is 2.08. The molecule has 0 aliphatic carbocycles. The quantitative estimate of drug-likeness (QED) is 0.856. The molecule has 0 saturated heterocycles. The minimum Gasteiger partial charge on any atom is -0.380 e. The molecule has 0 fully saturated rings. The van der Waals surface area contributed by atoms with Gasteiger partial charge in [-0.2, -0.15) is 0 Å². The van der Waals surface area contributed by atoms with Crippen LogP contribution in [-0.4, -0.2) is 16.6 Å². The van der Waals surface area contributed by atoms with Crippen LogP contribution in [0.1, 0.15) is 12.5 Å². The van der Waals surface area contributed by atoms with Gasteiger partial charge in [-0.25, -0.2) is 0 Å². The second-order valence-corrected chi connectivity index (χ2v) is 4.36. The number of hydrogen-bond donors (Lipinski definition) is 2. The Bertz CT molecular complexity index is 332. The van der Waals surface area contributed by atoms with Gasteiger partial charge in [0, 0.05) is 10.9 Å². The molecule has 3 nitrogen and oxygen atoms in total. The fraction of sp³-hybridized carbons (Fsp3) is 0.300. The molecule has 1 amide bonds. The van der Waals surface area contributed by atoms with Crippen LogP contribution in [0.5, 0.6) is 0 Å². The van der Waals surface area contributed by atoms with Gasteiger partial charge in [-0.15, -0.1) is 0 Å². The molecule has 1 unspecified atom stereocenters. The number of benzene rings is 1. The van der Waals surface area contributed by atoms with Crippen LogP contribution in [0, 0.1) is 0 Å². The minimum atomic E-state index is -1.48. The van der Waals surface area contributed by atoms with Gasteiger partial charge >= 0.3 is 0 Å². The van der Waals surface area contributed by atoms with Gasteiger partial charge in [-0.05, 0) is 24.6 Å². The van der Waals surface area contributed by atoms with E-state index < -0.39 is 11.5 Å². The SMILES string of the molecule is CC(O)(Cc1ccc(Br)cc1)C(N)=O. The first kappa shape index (κ1) is 11.2. The number of aliphatic hydroxyl groups is 1. The number of amides is 1. The lowest BCUT2D eigenvalue weighted by atomic mass is 9.96. The first-order chi connectivity index (χ1) is 6.42. The molecule has 0 radical (unpaired) electrons. The highest BCUT2D eigenvalue weighted by Gasteiger charge is 2.27. The summed E-state index contributed by atoms with van der Waals surface area (Å²) in [5.41, 5.74) is 4.44. The van der Waals surface area contributed by atoms with Crippen molar-refractivity contribution in [3.63, 3.8) is 0 Å². The first-order valence-corrected chi connectivity index (χ1v) is 4.98. The van der Waals surface area contributed by atoms with Crippen molar-refractivity contribution in [2.24, 2.45) is 5.73 Å². The van der Waals surface area contributed by atoms with E-state index >= 15 is 0 Å². The topological polar surface area (TPSA) is 63.3 Å². The molecule has 1 aromatic rings. The Labute approximate surface area is 91.1 Å². The molecule has 3 N–H and O–H groups in total. The highest BCUT2D eigenvalue weighted by Crippen LogP contribution is 2.15. The van der Waals surface area contributed by atoms with Crippen LogP contribution in [0.3, 0.4) is 0 Å². The van der Waals surface area contributed by atoms with E-state index in [1.54, 1.807) is 0 Å². The number of primary amides is 1. The van der Waals surface area contributed by atoms with Crippen LogP contribution < -0.4 is 5.73 Å². The van der Waals surface area contributed by atoms with Crippen molar-refractivity contribution in [3.8, 4) is 0 Å². The van der Waals surface area contributed by atoms with Gasteiger partial charge in [0.2, 0.25) is 5.91 Å². The van der Waals surface area contributed by atoms with E-state index in [1.165, 1.54) is 6.92 Å². The summed E-state index contributed by atoms with van der Waals surface area (Å²) in [6.45, 7) is 1.41. The Morgan fingerprint density at radius 3 is 2.43 bits per heavy atom. The molecule has 0 aliphatic heterocycles. The first-order valence-electron chi connectivity index (χ1n) is 4.18. The lowest BCUT2D eigenvalue weighted by molar-refractivity contribution is -0.134. The predicted octanol–water partition coefficient (Wildman–Crippen LogP) is 1.23. The van der Waals surface area contributed by atoms with Gasteiger partial charge in [0.1, 0.15) is 5.60 Å². The van der Waals surface area contributed by atoms with Crippen molar-refractivity contribution in [2.45, 2.75) is 18.9 Å². The van der Waals surface area contributed by atoms with E-state index in [2.05, 4.69) is 15.9 Å². The number of nitrogens with two attached hydrogens (primary N) is 1. The highest BCUT2D eigenvalue weighted by molar-refractivity contribution is 9.10. The van der Waals surface area contributed by atoms with Crippen LogP contribution in [0.15, 0.2) is 28.7 Å². The average molecular weight is 258 g/mol. The number of carbonyl (C=O) groups excluding carboxylic acids is 1. The summed E-state index contributed by atoms with van der Waals surface area (Å²) in [5, 5.41) is 9.63. The summed E-state index contributed by atoms with van der Waals surface area (Å²) < 4.78 is 0.958. The van der Waals surface area contributed by atoms with Crippen LogP contribution in [-0.2, 0) is 11.2 Å². The third-order valence-electron chi connectivity index (χ3n) is 1.99.